The molecule has 1 saturated heterocycles. The standard InChI is InChI=1S/C13H14ClN3OS2/c14-11-2-1-10(20-11)13-16-9(8-19-13)7-12(18)17-5-3-15-4-6-17/h1-2,8,15H,3-7H2. The topological polar surface area (TPSA) is 45.2 Å². The molecular weight excluding hydrogens is 314 g/mol. The van der Waals surface area contributed by atoms with Crippen molar-refractivity contribution in [2.24, 2.45) is 0 Å². The van der Waals surface area contributed by atoms with E-state index in [1.807, 2.05) is 22.4 Å². The largest absolute Gasteiger partial charge is 0.340 e. The van der Waals surface area contributed by atoms with Crippen molar-refractivity contribution in [2.75, 3.05) is 26.2 Å². The van der Waals surface area contributed by atoms with Crippen LogP contribution in [0.15, 0.2) is 17.5 Å². The zero-order chi connectivity index (χ0) is 13.9. The number of aromatic nitrogens is 1. The normalized spacial score (nSPS) is 15.6. The number of nitrogens with zero attached hydrogens (tertiary/aromatic N) is 2. The lowest BCUT2D eigenvalue weighted by atomic mass is 10.2. The van der Waals surface area contributed by atoms with Crippen LogP contribution in [0.4, 0.5) is 0 Å². The number of hydrogen-bond donors (Lipinski definition) is 1. The van der Waals surface area contributed by atoms with Gasteiger partial charge in [0.25, 0.3) is 0 Å². The molecule has 1 aliphatic rings. The Bertz CT molecular complexity index is 604. The van der Waals surface area contributed by atoms with Crippen molar-refractivity contribution in [3.63, 3.8) is 0 Å². The number of thiazole rings is 1. The molecule has 0 aliphatic carbocycles. The van der Waals surface area contributed by atoms with Gasteiger partial charge in [0.15, 0.2) is 0 Å². The summed E-state index contributed by atoms with van der Waals surface area (Å²) in [5, 5.41) is 6.14. The summed E-state index contributed by atoms with van der Waals surface area (Å²) < 4.78 is 0.758. The molecule has 1 N–H and O–H groups in total. The van der Waals surface area contributed by atoms with Crippen LogP contribution in [-0.4, -0.2) is 42.0 Å². The highest BCUT2D eigenvalue weighted by Crippen LogP contribution is 2.33. The van der Waals surface area contributed by atoms with Gasteiger partial charge < -0.3 is 10.2 Å². The number of thiophene rings is 1. The molecule has 1 fully saturated rings. The molecule has 0 spiro atoms. The fraction of sp³-hybridized carbons (Fsp3) is 0.385. The molecule has 3 heterocycles. The van der Waals surface area contributed by atoms with Gasteiger partial charge in [0.05, 0.1) is 21.3 Å². The van der Waals surface area contributed by atoms with Crippen LogP contribution in [0.3, 0.4) is 0 Å². The number of amides is 1. The molecule has 2 aromatic rings. The molecule has 3 rings (SSSR count). The molecule has 106 valence electrons. The summed E-state index contributed by atoms with van der Waals surface area (Å²) in [6.07, 6.45) is 0.385. The third-order valence-electron chi connectivity index (χ3n) is 3.14. The van der Waals surface area contributed by atoms with Crippen molar-refractivity contribution in [1.29, 1.82) is 0 Å². The molecule has 2 aromatic heterocycles. The molecule has 7 heteroatoms. The molecule has 0 radical (unpaired) electrons. The molecule has 1 amide bonds. The smallest absolute Gasteiger partial charge is 0.228 e. The summed E-state index contributed by atoms with van der Waals surface area (Å²) in [4.78, 5) is 19.7. The van der Waals surface area contributed by atoms with Crippen LogP contribution >= 0.6 is 34.3 Å². The van der Waals surface area contributed by atoms with Gasteiger partial charge >= 0.3 is 0 Å². The minimum atomic E-state index is 0.160. The molecular formula is C13H14ClN3OS2. The average Bonchev–Trinajstić information content (AvgIpc) is 3.09. The molecule has 1 aliphatic heterocycles. The highest BCUT2D eigenvalue weighted by atomic mass is 35.5. The number of nitrogens with one attached hydrogen (secondary N) is 1. The molecule has 0 bridgehead atoms. The molecule has 4 nitrogen and oxygen atoms in total. The second kappa shape index (κ2) is 6.22. The summed E-state index contributed by atoms with van der Waals surface area (Å²) in [5.41, 5.74) is 0.845. The van der Waals surface area contributed by atoms with Gasteiger partial charge in [-0.2, -0.15) is 0 Å². The molecule has 0 atom stereocenters. The van der Waals surface area contributed by atoms with Gasteiger partial charge in [0.2, 0.25) is 5.91 Å². The predicted octanol–water partition coefficient (Wildman–Crippen LogP) is 2.50. The Morgan fingerprint density at radius 1 is 1.40 bits per heavy atom. The van der Waals surface area contributed by atoms with Crippen LogP contribution in [0.1, 0.15) is 5.69 Å². The summed E-state index contributed by atoms with van der Waals surface area (Å²) in [5.74, 6) is 0.160. The van der Waals surface area contributed by atoms with Crippen LogP contribution in [0.5, 0.6) is 0 Å². The van der Waals surface area contributed by atoms with Gasteiger partial charge in [0, 0.05) is 31.6 Å². The van der Waals surface area contributed by atoms with Crippen molar-refractivity contribution in [3.05, 3.63) is 27.5 Å². The first-order chi connectivity index (χ1) is 9.72. The van der Waals surface area contributed by atoms with E-state index in [9.17, 15) is 4.79 Å². The Morgan fingerprint density at radius 3 is 2.90 bits per heavy atom. The summed E-state index contributed by atoms with van der Waals surface area (Å²) in [6.45, 7) is 3.33. The van der Waals surface area contributed by atoms with E-state index in [1.54, 1.807) is 11.3 Å². The summed E-state index contributed by atoms with van der Waals surface area (Å²) >= 11 is 9.00. The van der Waals surface area contributed by atoms with Gasteiger partial charge in [-0.25, -0.2) is 4.98 Å². The zero-order valence-corrected chi connectivity index (χ0v) is 13.2. The highest BCUT2D eigenvalue weighted by Gasteiger charge is 2.18. The SMILES string of the molecule is O=C(Cc1csc(-c2ccc(Cl)s2)n1)N1CCNCC1. The monoisotopic (exact) mass is 327 g/mol. The van der Waals surface area contributed by atoms with E-state index in [2.05, 4.69) is 10.3 Å². The van der Waals surface area contributed by atoms with Crippen LogP contribution in [0, 0.1) is 0 Å². The number of piperazine rings is 1. The van der Waals surface area contributed by atoms with E-state index in [0.717, 1.165) is 46.1 Å². The van der Waals surface area contributed by atoms with Gasteiger partial charge in [-0.3, -0.25) is 4.79 Å². The van der Waals surface area contributed by atoms with E-state index >= 15 is 0 Å². The van der Waals surface area contributed by atoms with Gasteiger partial charge in [-0.1, -0.05) is 11.6 Å². The Balaban J connectivity index is 1.66. The van der Waals surface area contributed by atoms with E-state index in [0.29, 0.717) is 6.42 Å². The van der Waals surface area contributed by atoms with Gasteiger partial charge in [-0.05, 0) is 12.1 Å². The molecule has 0 saturated carbocycles. The van der Waals surface area contributed by atoms with E-state index in [-0.39, 0.29) is 5.91 Å². The summed E-state index contributed by atoms with van der Waals surface area (Å²) in [7, 11) is 0. The minimum Gasteiger partial charge on any atom is -0.340 e. The Morgan fingerprint density at radius 2 is 2.20 bits per heavy atom. The first-order valence-electron chi connectivity index (χ1n) is 6.41. The third kappa shape index (κ3) is 3.20. The third-order valence-corrected chi connectivity index (χ3v) is 5.43. The fourth-order valence-corrected chi connectivity index (χ4v) is 4.05. The zero-order valence-electron chi connectivity index (χ0n) is 10.8. The van der Waals surface area contributed by atoms with Gasteiger partial charge in [-0.15, -0.1) is 22.7 Å². The second-order valence-electron chi connectivity index (χ2n) is 4.56. The summed E-state index contributed by atoms with van der Waals surface area (Å²) in [6, 6.07) is 3.84. The van der Waals surface area contributed by atoms with Crippen LogP contribution in [-0.2, 0) is 11.2 Å². The number of hydrogen-bond acceptors (Lipinski definition) is 5. The van der Waals surface area contributed by atoms with Crippen LogP contribution in [0.2, 0.25) is 4.34 Å². The second-order valence-corrected chi connectivity index (χ2v) is 7.13. The number of halogens is 1. The van der Waals surface area contributed by atoms with Gasteiger partial charge in [0.1, 0.15) is 5.01 Å². The number of rotatable bonds is 3. The van der Waals surface area contributed by atoms with Crippen LogP contribution in [0.25, 0.3) is 9.88 Å². The maximum atomic E-state index is 12.2. The van der Waals surface area contributed by atoms with E-state index < -0.39 is 0 Å². The Kier molecular flexibility index (Phi) is 4.35. The lowest BCUT2D eigenvalue weighted by Gasteiger charge is -2.27. The lowest BCUT2D eigenvalue weighted by Crippen LogP contribution is -2.46. The fourth-order valence-electron chi connectivity index (χ4n) is 2.11. The number of carbonyl (C=O) groups is 1. The van der Waals surface area contributed by atoms with Crippen LogP contribution < -0.4 is 5.32 Å². The number of carbonyl (C=O) groups excluding carboxylic acids is 1. The maximum absolute atomic E-state index is 12.2. The van der Waals surface area contributed by atoms with Crippen molar-refractivity contribution in [2.45, 2.75) is 6.42 Å². The maximum Gasteiger partial charge on any atom is 0.228 e. The van der Waals surface area contributed by atoms with Crippen molar-refractivity contribution >= 4 is 40.2 Å². The van der Waals surface area contributed by atoms with Crippen molar-refractivity contribution in [1.82, 2.24) is 15.2 Å². The van der Waals surface area contributed by atoms with Crippen molar-refractivity contribution in [3.8, 4) is 9.88 Å². The molecule has 0 aromatic carbocycles. The first-order valence-corrected chi connectivity index (χ1v) is 8.48. The lowest BCUT2D eigenvalue weighted by molar-refractivity contribution is -0.131. The van der Waals surface area contributed by atoms with E-state index in [1.165, 1.54) is 11.3 Å². The Labute approximate surface area is 130 Å². The van der Waals surface area contributed by atoms with Crippen molar-refractivity contribution < 1.29 is 4.79 Å². The Hall–Kier alpha value is -0.950. The molecule has 20 heavy (non-hydrogen) atoms. The predicted molar refractivity (Wildman–Crippen MR) is 83.6 cm³/mol. The quantitative estimate of drug-likeness (QED) is 0.942. The molecule has 0 unspecified atom stereocenters. The highest BCUT2D eigenvalue weighted by molar-refractivity contribution is 7.23. The first kappa shape index (κ1) is 14.0. The average molecular weight is 328 g/mol. The minimum absolute atomic E-state index is 0.160. The van der Waals surface area contributed by atoms with E-state index in [4.69, 9.17) is 11.6 Å².